The molecule has 6 heteroatoms. The van der Waals surface area contributed by atoms with E-state index in [0.717, 1.165) is 0 Å². The predicted octanol–water partition coefficient (Wildman–Crippen LogP) is 2.28. The van der Waals surface area contributed by atoms with Crippen LogP contribution in [0.15, 0.2) is 12.1 Å². The normalized spacial score (nSPS) is 13.7. The van der Waals surface area contributed by atoms with Gasteiger partial charge in [0.1, 0.15) is 5.82 Å². The first-order valence-corrected chi connectivity index (χ1v) is 5.77. The lowest BCUT2D eigenvalue weighted by molar-refractivity contribution is 0.0965. The minimum atomic E-state index is -0.822. The molecule has 2 atom stereocenters. The van der Waals surface area contributed by atoms with Crippen LogP contribution in [0.3, 0.4) is 0 Å². The summed E-state index contributed by atoms with van der Waals surface area (Å²) in [4.78, 5) is 0. The molecule has 0 aliphatic heterocycles. The minimum Gasteiger partial charge on any atom is -0.493 e. The van der Waals surface area contributed by atoms with E-state index in [-0.39, 0.29) is 23.9 Å². The Morgan fingerprint density at radius 3 is 2.05 bits per heavy atom. The van der Waals surface area contributed by atoms with Crippen LogP contribution < -0.4 is 15.2 Å². The number of hydrogen-bond acceptors (Lipinski definition) is 4. The second-order valence-electron chi connectivity index (χ2n) is 4.49. The smallest absolute Gasteiger partial charge is 0.163 e. The number of aliphatic hydroxyl groups is 1. The number of rotatable bonds is 5. The van der Waals surface area contributed by atoms with Crippen molar-refractivity contribution in [2.45, 2.75) is 26.0 Å². The lowest BCUT2D eigenvalue weighted by Crippen LogP contribution is -2.31. The molecule has 0 heterocycles. The zero-order valence-corrected chi connectivity index (χ0v) is 12.3. The molecule has 0 bridgehead atoms. The topological polar surface area (TPSA) is 64.7 Å². The highest BCUT2D eigenvalue weighted by molar-refractivity contribution is 5.85. The fourth-order valence-corrected chi connectivity index (χ4v) is 1.72. The van der Waals surface area contributed by atoms with E-state index in [0.29, 0.717) is 11.5 Å². The molecule has 0 spiro atoms. The Labute approximate surface area is 119 Å². The third-order valence-corrected chi connectivity index (χ3v) is 2.91. The molecule has 0 unspecified atom stereocenters. The molecule has 19 heavy (non-hydrogen) atoms. The van der Waals surface area contributed by atoms with Crippen LogP contribution in [-0.2, 0) is 0 Å². The number of ether oxygens (including phenoxy) is 2. The molecule has 0 fully saturated rings. The largest absolute Gasteiger partial charge is 0.493 e. The highest BCUT2D eigenvalue weighted by atomic mass is 35.5. The first-order valence-electron chi connectivity index (χ1n) is 5.77. The van der Waals surface area contributed by atoms with Crippen molar-refractivity contribution in [3.05, 3.63) is 23.5 Å². The predicted molar refractivity (Wildman–Crippen MR) is 74.5 cm³/mol. The van der Waals surface area contributed by atoms with Crippen LogP contribution in [0.5, 0.6) is 11.5 Å². The number of benzene rings is 1. The monoisotopic (exact) mass is 293 g/mol. The van der Waals surface area contributed by atoms with E-state index in [1.165, 1.54) is 26.4 Å². The van der Waals surface area contributed by atoms with Crippen LogP contribution in [0, 0.1) is 11.7 Å². The van der Waals surface area contributed by atoms with Crippen molar-refractivity contribution in [2.75, 3.05) is 14.2 Å². The van der Waals surface area contributed by atoms with E-state index in [9.17, 15) is 9.50 Å². The molecule has 0 aromatic heterocycles. The van der Waals surface area contributed by atoms with Gasteiger partial charge in [0.2, 0.25) is 0 Å². The molecular weight excluding hydrogens is 273 g/mol. The van der Waals surface area contributed by atoms with Crippen molar-refractivity contribution in [1.29, 1.82) is 0 Å². The first-order chi connectivity index (χ1) is 8.42. The zero-order valence-electron chi connectivity index (χ0n) is 11.5. The summed E-state index contributed by atoms with van der Waals surface area (Å²) in [6, 6.07) is 1.87. The van der Waals surface area contributed by atoms with Crippen molar-refractivity contribution in [1.82, 2.24) is 0 Å². The van der Waals surface area contributed by atoms with Gasteiger partial charge < -0.3 is 20.3 Å². The SMILES string of the molecule is COc1cc(F)c([C@@H](N)[C@@H](O)C(C)C)cc1OC.Cl. The van der Waals surface area contributed by atoms with E-state index in [1.54, 1.807) is 0 Å². The van der Waals surface area contributed by atoms with Crippen LogP contribution in [0.25, 0.3) is 0 Å². The van der Waals surface area contributed by atoms with Crippen LogP contribution in [-0.4, -0.2) is 25.4 Å². The van der Waals surface area contributed by atoms with Gasteiger partial charge in [0.25, 0.3) is 0 Å². The van der Waals surface area contributed by atoms with Crippen molar-refractivity contribution in [3.63, 3.8) is 0 Å². The van der Waals surface area contributed by atoms with Gasteiger partial charge in [0, 0.05) is 11.6 Å². The van der Waals surface area contributed by atoms with Gasteiger partial charge in [-0.05, 0) is 12.0 Å². The molecule has 0 radical (unpaired) electrons. The van der Waals surface area contributed by atoms with Crippen molar-refractivity contribution in [3.8, 4) is 11.5 Å². The summed E-state index contributed by atoms with van der Waals surface area (Å²) in [7, 11) is 2.89. The molecule has 1 aromatic rings. The van der Waals surface area contributed by atoms with Crippen LogP contribution in [0.2, 0.25) is 0 Å². The van der Waals surface area contributed by atoms with E-state index in [1.807, 2.05) is 13.8 Å². The molecule has 0 saturated heterocycles. The molecule has 0 aliphatic rings. The number of aliphatic hydroxyl groups excluding tert-OH is 1. The average Bonchev–Trinajstić information content (AvgIpc) is 2.36. The average molecular weight is 294 g/mol. The molecule has 110 valence electrons. The van der Waals surface area contributed by atoms with Crippen LogP contribution in [0.4, 0.5) is 4.39 Å². The number of methoxy groups -OCH3 is 2. The van der Waals surface area contributed by atoms with E-state index >= 15 is 0 Å². The lowest BCUT2D eigenvalue weighted by Gasteiger charge is -2.23. The van der Waals surface area contributed by atoms with Crippen LogP contribution in [0.1, 0.15) is 25.5 Å². The van der Waals surface area contributed by atoms with Crippen LogP contribution >= 0.6 is 12.4 Å². The van der Waals surface area contributed by atoms with Crippen molar-refractivity contribution < 1.29 is 19.0 Å². The standard InChI is InChI=1S/C13H20FNO3.ClH/c1-7(2)13(16)12(15)8-5-10(17-3)11(18-4)6-9(8)14;/h5-7,12-13,16H,15H2,1-4H3;1H/t12-,13+;/m1./s1. The second kappa shape index (κ2) is 7.53. The lowest BCUT2D eigenvalue weighted by atomic mass is 9.94. The quantitative estimate of drug-likeness (QED) is 0.874. The maximum atomic E-state index is 13.9. The second-order valence-corrected chi connectivity index (χ2v) is 4.49. The Hall–Kier alpha value is -1.04. The molecule has 0 amide bonds. The van der Waals surface area contributed by atoms with Gasteiger partial charge in [-0.25, -0.2) is 4.39 Å². The molecule has 0 aliphatic carbocycles. The third kappa shape index (κ3) is 3.96. The summed E-state index contributed by atoms with van der Waals surface area (Å²) in [5, 5.41) is 9.90. The number of halogens is 2. The Morgan fingerprint density at radius 2 is 1.63 bits per heavy atom. The Bertz CT molecular complexity index is 415. The van der Waals surface area contributed by atoms with Gasteiger partial charge in [-0.15, -0.1) is 12.4 Å². The fraction of sp³-hybridized carbons (Fsp3) is 0.538. The maximum Gasteiger partial charge on any atom is 0.163 e. The number of hydrogen-bond donors (Lipinski definition) is 2. The van der Waals surface area contributed by atoms with Gasteiger partial charge in [-0.2, -0.15) is 0 Å². The highest BCUT2D eigenvalue weighted by Gasteiger charge is 2.24. The summed E-state index contributed by atoms with van der Waals surface area (Å²) in [5.41, 5.74) is 6.09. The van der Waals surface area contributed by atoms with E-state index in [2.05, 4.69) is 0 Å². The van der Waals surface area contributed by atoms with E-state index in [4.69, 9.17) is 15.2 Å². The Balaban J connectivity index is 0.00000324. The van der Waals surface area contributed by atoms with Crippen molar-refractivity contribution in [2.24, 2.45) is 11.7 Å². The van der Waals surface area contributed by atoms with Gasteiger partial charge in [-0.1, -0.05) is 13.8 Å². The van der Waals surface area contributed by atoms with Gasteiger partial charge in [-0.3, -0.25) is 0 Å². The van der Waals surface area contributed by atoms with Gasteiger partial charge >= 0.3 is 0 Å². The summed E-state index contributed by atoms with van der Waals surface area (Å²) < 4.78 is 24.0. The van der Waals surface area contributed by atoms with Gasteiger partial charge in [0.05, 0.1) is 26.4 Å². The maximum absolute atomic E-state index is 13.9. The molecule has 4 nitrogen and oxygen atoms in total. The fourth-order valence-electron chi connectivity index (χ4n) is 1.72. The Morgan fingerprint density at radius 1 is 1.16 bits per heavy atom. The third-order valence-electron chi connectivity index (χ3n) is 2.91. The molecular formula is C13H21ClFNO3. The molecule has 1 aromatic carbocycles. The van der Waals surface area contributed by atoms with E-state index < -0.39 is 18.0 Å². The summed E-state index contributed by atoms with van der Waals surface area (Å²) in [6.07, 6.45) is -0.822. The number of nitrogens with two attached hydrogens (primary N) is 1. The zero-order chi connectivity index (χ0) is 13.9. The van der Waals surface area contributed by atoms with Gasteiger partial charge in [0.15, 0.2) is 11.5 Å². The molecule has 1 rings (SSSR count). The summed E-state index contributed by atoms with van der Waals surface area (Å²) in [5.74, 6) is 0.109. The molecule has 0 saturated carbocycles. The summed E-state index contributed by atoms with van der Waals surface area (Å²) >= 11 is 0. The first kappa shape index (κ1) is 18.0. The Kier molecular flexibility index (Phi) is 7.11. The van der Waals surface area contributed by atoms with Crippen molar-refractivity contribution >= 4 is 12.4 Å². The highest BCUT2D eigenvalue weighted by Crippen LogP contribution is 2.33. The molecule has 3 N–H and O–H groups in total. The minimum absolute atomic E-state index is 0. The summed E-state index contributed by atoms with van der Waals surface area (Å²) in [6.45, 7) is 3.65.